The van der Waals surface area contributed by atoms with Crippen LogP contribution in [0.3, 0.4) is 0 Å². The number of para-hydroxylation sites is 2. The van der Waals surface area contributed by atoms with Crippen LogP contribution in [0.25, 0.3) is 0 Å². The molecule has 58 valence electrons. The second-order valence-corrected chi connectivity index (χ2v) is 2.94. The third kappa shape index (κ3) is 1.14. The third-order valence-electron chi connectivity index (χ3n) is 1.79. The molecule has 0 spiro atoms. The predicted molar refractivity (Wildman–Crippen MR) is 48.1 cm³/mol. The number of anilines is 2. The summed E-state index contributed by atoms with van der Waals surface area (Å²) >= 11 is 5.94. The normalized spacial score (nSPS) is 15.5. The summed E-state index contributed by atoms with van der Waals surface area (Å²) in [4.78, 5) is 0. The molecule has 3 heteroatoms. The van der Waals surface area contributed by atoms with E-state index in [9.17, 15) is 0 Å². The summed E-state index contributed by atoms with van der Waals surface area (Å²) in [6.45, 7) is 1.78. The number of rotatable bonds is 0. The zero-order chi connectivity index (χ0) is 7.68. The molecule has 0 unspecified atom stereocenters. The zero-order valence-electron chi connectivity index (χ0n) is 6.05. The van der Waals surface area contributed by atoms with Crippen molar-refractivity contribution in [3.63, 3.8) is 0 Å². The first kappa shape index (κ1) is 6.80. The summed E-state index contributed by atoms with van der Waals surface area (Å²) < 4.78 is 1.74. The van der Waals surface area contributed by atoms with Crippen molar-refractivity contribution in [2.75, 3.05) is 22.8 Å². The molecule has 0 bridgehead atoms. The first-order valence-electron chi connectivity index (χ1n) is 3.64. The molecule has 1 N–H and O–H groups in total. The van der Waals surface area contributed by atoms with Crippen LogP contribution in [0.1, 0.15) is 0 Å². The zero-order valence-corrected chi connectivity index (χ0v) is 6.80. The molecular formula is C8H9ClN2. The average molecular weight is 169 g/mol. The molecule has 0 saturated carbocycles. The van der Waals surface area contributed by atoms with Crippen LogP contribution < -0.4 is 9.74 Å². The van der Waals surface area contributed by atoms with Crippen LogP contribution in [-0.4, -0.2) is 13.1 Å². The Morgan fingerprint density at radius 1 is 1.36 bits per heavy atom. The van der Waals surface area contributed by atoms with Crippen LogP contribution >= 0.6 is 11.8 Å². The van der Waals surface area contributed by atoms with Gasteiger partial charge in [-0.3, -0.25) is 4.42 Å². The van der Waals surface area contributed by atoms with E-state index in [1.165, 1.54) is 0 Å². The Morgan fingerprint density at radius 3 is 3.00 bits per heavy atom. The van der Waals surface area contributed by atoms with E-state index in [1.54, 1.807) is 4.42 Å². The first-order chi connectivity index (χ1) is 5.38. The molecule has 0 saturated heterocycles. The Hall–Kier alpha value is -0.890. The summed E-state index contributed by atoms with van der Waals surface area (Å²) in [6, 6.07) is 8.03. The van der Waals surface area contributed by atoms with Gasteiger partial charge in [0.05, 0.1) is 17.9 Å². The van der Waals surface area contributed by atoms with E-state index in [1.807, 2.05) is 24.3 Å². The molecular weight excluding hydrogens is 160 g/mol. The molecule has 0 aliphatic carbocycles. The maximum absolute atomic E-state index is 5.94. The Balaban J connectivity index is 2.44. The van der Waals surface area contributed by atoms with Gasteiger partial charge in [-0.05, 0) is 12.1 Å². The van der Waals surface area contributed by atoms with Crippen LogP contribution in [0.2, 0.25) is 0 Å². The highest BCUT2D eigenvalue weighted by atomic mass is 35.5. The number of halogens is 1. The Labute approximate surface area is 70.9 Å². The predicted octanol–water partition coefficient (Wildman–Crippen LogP) is 2.07. The van der Waals surface area contributed by atoms with Crippen molar-refractivity contribution in [1.29, 1.82) is 0 Å². The molecule has 2 nitrogen and oxygen atoms in total. The molecule has 1 heterocycles. The second kappa shape index (κ2) is 2.62. The van der Waals surface area contributed by atoms with Crippen molar-refractivity contribution in [3.05, 3.63) is 24.3 Å². The van der Waals surface area contributed by atoms with Crippen molar-refractivity contribution in [1.82, 2.24) is 0 Å². The maximum Gasteiger partial charge on any atom is 0.0755 e. The van der Waals surface area contributed by atoms with Crippen LogP contribution in [0.15, 0.2) is 24.3 Å². The van der Waals surface area contributed by atoms with Crippen LogP contribution in [0.4, 0.5) is 11.4 Å². The monoisotopic (exact) mass is 168 g/mol. The fourth-order valence-corrected chi connectivity index (χ4v) is 1.48. The van der Waals surface area contributed by atoms with Crippen LogP contribution in [0, 0.1) is 0 Å². The topological polar surface area (TPSA) is 15.3 Å². The van der Waals surface area contributed by atoms with Crippen LogP contribution in [0.5, 0.6) is 0 Å². The van der Waals surface area contributed by atoms with Gasteiger partial charge in [0, 0.05) is 18.3 Å². The van der Waals surface area contributed by atoms with E-state index in [2.05, 4.69) is 5.32 Å². The summed E-state index contributed by atoms with van der Waals surface area (Å²) in [6.07, 6.45) is 0. The number of hydrogen-bond acceptors (Lipinski definition) is 2. The van der Waals surface area contributed by atoms with E-state index >= 15 is 0 Å². The van der Waals surface area contributed by atoms with Crippen molar-refractivity contribution < 1.29 is 0 Å². The quantitative estimate of drug-likeness (QED) is 0.597. The third-order valence-corrected chi connectivity index (χ3v) is 2.14. The van der Waals surface area contributed by atoms with Crippen molar-refractivity contribution in [3.8, 4) is 0 Å². The smallest absolute Gasteiger partial charge is 0.0755 e. The van der Waals surface area contributed by atoms with E-state index in [-0.39, 0.29) is 0 Å². The molecule has 1 aromatic carbocycles. The minimum atomic E-state index is 0.860. The largest absolute Gasteiger partial charge is 0.382 e. The molecule has 0 amide bonds. The summed E-state index contributed by atoms with van der Waals surface area (Å²) in [5.74, 6) is 0. The molecule has 0 atom stereocenters. The van der Waals surface area contributed by atoms with Crippen molar-refractivity contribution >= 4 is 23.2 Å². The van der Waals surface area contributed by atoms with Gasteiger partial charge in [-0.25, -0.2) is 0 Å². The lowest BCUT2D eigenvalue weighted by atomic mass is 10.2. The lowest BCUT2D eigenvalue weighted by molar-refractivity contribution is 0.975. The fourth-order valence-electron chi connectivity index (χ4n) is 1.24. The van der Waals surface area contributed by atoms with Gasteiger partial charge in [0.15, 0.2) is 0 Å². The van der Waals surface area contributed by atoms with Gasteiger partial charge in [0.1, 0.15) is 0 Å². The fraction of sp³-hybridized carbons (Fsp3) is 0.250. The van der Waals surface area contributed by atoms with Crippen molar-refractivity contribution in [2.24, 2.45) is 0 Å². The lowest BCUT2D eigenvalue weighted by Gasteiger charge is -2.25. The Bertz CT molecular complexity index is 262. The van der Waals surface area contributed by atoms with Gasteiger partial charge < -0.3 is 5.32 Å². The summed E-state index contributed by atoms with van der Waals surface area (Å²) in [7, 11) is 0. The van der Waals surface area contributed by atoms with E-state index in [0.717, 1.165) is 24.5 Å². The van der Waals surface area contributed by atoms with Gasteiger partial charge >= 0.3 is 0 Å². The highest BCUT2D eigenvalue weighted by molar-refractivity contribution is 6.26. The molecule has 2 rings (SSSR count). The lowest BCUT2D eigenvalue weighted by Crippen LogP contribution is -2.26. The van der Waals surface area contributed by atoms with Gasteiger partial charge in [0.2, 0.25) is 0 Å². The van der Waals surface area contributed by atoms with Crippen molar-refractivity contribution in [2.45, 2.75) is 0 Å². The van der Waals surface area contributed by atoms with Gasteiger partial charge in [-0.1, -0.05) is 12.1 Å². The minimum Gasteiger partial charge on any atom is -0.382 e. The first-order valence-corrected chi connectivity index (χ1v) is 3.98. The van der Waals surface area contributed by atoms with Gasteiger partial charge in [-0.2, -0.15) is 0 Å². The van der Waals surface area contributed by atoms with E-state index in [0.29, 0.717) is 0 Å². The highest BCUT2D eigenvalue weighted by Gasteiger charge is 2.12. The average Bonchev–Trinajstić information content (AvgIpc) is 2.06. The summed E-state index contributed by atoms with van der Waals surface area (Å²) in [5, 5.41) is 3.27. The molecule has 0 radical (unpaired) electrons. The summed E-state index contributed by atoms with van der Waals surface area (Å²) in [5.41, 5.74) is 2.19. The van der Waals surface area contributed by atoms with E-state index in [4.69, 9.17) is 11.8 Å². The standard InChI is InChI=1S/C8H9ClN2/c9-11-6-5-10-7-3-1-2-4-8(7)11/h1-4,10H,5-6H2. The number of benzene rings is 1. The molecule has 1 aliphatic rings. The number of nitrogens with one attached hydrogen (secondary N) is 1. The van der Waals surface area contributed by atoms with Gasteiger partial charge in [0.25, 0.3) is 0 Å². The number of nitrogens with zero attached hydrogens (tertiary/aromatic N) is 1. The minimum absolute atomic E-state index is 0.860. The SMILES string of the molecule is ClN1CCNc2ccccc21. The maximum atomic E-state index is 5.94. The molecule has 0 fully saturated rings. The molecule has 1 aliphatic heterocycles. The Kier molecular flexibility index (Phi) is 1.62. The van der Waals surface area contributed by atoms with E-state index < -0.39 is 0 Å². The highest BCUT2D eigenvalue weighted by Crippen LogP contribution is 2.29. The van der Waals surface area contributed by atoms with Gasteiger partial charge in [-0.15, -0.1) is 0 Å². The number of fused-ring (bicyclic) bond motifs is 1. The molecule has 11 heavy (non-hydrogen) atoms. The molecule has 0 aromatic heterocycles. The molecule has 1 aromatic rings. The number of hydrogen-bond donors (Lipinski definition) is 1. The Morgan fingerprint density at radius 2 is 2.18 bits per heavy atom. The second-order valence-electron chi connectivity index (χ2n) is 2.53. The van der Waals surface area contributed by atoms with Crippen LogP contribution in [-0.2, 0) is 0 Å².